The van der Waals surface area contributed by atoms with Gasteiger partial charge in [0.1, 0.15) is 5.82 Å². The van der Waals surface area contributed by atoms with Crippen LogP contribution in [0.15, 0.2) is 24.4 Å². The van der Waals surface area contributed by atoms with Crippen molar-refractivity contribution in [2.24, 2.45) is 0 Å². The summed E-state index contributed by atoms with van der Waals surface area (Å²) in [5.74, 6) is -2.53. The molecule has 18 heavy (non-hydrogen) atoms. The zero-order valence-electron chi connectivity index (χ0n) is 9.63. The van der Waals surface area contributed by atoms with Gasteiger partial charge in [-0.2, -0.15) is 5.10 Å². The van der Waals surface area contributed by atoms with Crippen molar-refractivity contribution < 1.29 is 13.6 Å². The Morgan fingerprint density at radius 1 is 1.44 bits per heavy atom. The van der Waals surface area contributed by atoms with Crippen molar-refractivity contribution in [3.8, 4) is 0 Å². The number of carbonyl (C=O) groups excluding carboxylic acids is 1. The number of H-pyrrole nitrogens is 1. The number of halogens is 2. The van der Waals surface area contributed by atoms with Crippen LogP contribution in [0.4, 0.5) is 14.6 Å². The van der Waals surface area contributed by atoms with Crippen molar-refractivity contribution in [3.05, 3.63) is 47.2 Å². The number of hydrogen-bond acceptors (Lipinski definition) is 2. The molecule has 0 saturated heterocycles. The molecule has 1 aromatic carbocycles. The number of anilines is 1. The summed E-state index contributed by atoms with van der Waals surface area (Å²) in [6.07, 6.45) is 2.23. The zero-order chi connectivity index (χ0) is 13.1. The fourth-order valence-electron chi connectivity index (χ4n) is 1.55. The molecular formula is C12H11F2N3O. The van der Waals surface area contributed by atoms with Gasteiger partial charge in [-0.1, -0.05) is 13.0 Å². The quantitative estimate of drug-likeness (QED) is 0.880. The maximum absolute atomic E-state index is 13.4. The zero-order valence-corrected chi connectivity index (χ0v) is 9.63. The van der Waals surface area contributed by atoms with Gasteiger partial charge in [0.25, 0.3) is 5.91 Å². The Labute approximate surface area is 102 Å². The standard InChI is InChI=1S/C12H11F2N3O/c1-2-7-6-15-17-11(7)16-12(18)8-4-3-5-9(13)10(8)14/h3-6H,2H2,1H3,(H2,15,16,17,18). The molecule has 0 aliphatic rings. The molecule has 1 amide bonds. The summed E-state index contributed by atoms with van der Waals surface area (Å²) < 4.78 is 26.4. The van der Waals surface area contributed by atoms with E-state index in [9.17, 15) is 13.6 Å². The van der Waals surface area contributed by atoms with E-state index in [0.717, 1.165) is 11.6 Å². The lowest BCUT2D eigenvalue weighted by molar-refractivity contribution is 0.102. The van der Waals surface area contributed by atoms with Crippen molar-refractivity contribution >= 4 is 11.7 Å². The van der Waals surface area contributed by atoms with E-state index in [2.05, 4.69) is 15.5 Å². The Bertz CT molecular complexity index is 580. The first kappa shape index (κ1) is 12.2. The van der Waals surface area contributed by atoms with Gasteiger partial charge in [-0.05, 0) is 18.6 Å². The lowest BCUT2D eigenvalue weighted by Gasteiger charge is -2.05. The second kappa shape index (κ2) is 4.95. The van der Waals surface area contributed by atoms with Crippen LogP contribution in [0.1, 0.15) is 22.8 Å². The van der Waals surface area contributed by atoms with Crippen molar-refractivity contribution in [2.75, 3.05) is 5.32 Å². The second-order valence-electron chi connectivity index (χ2n) is 3.68. The normalized spacial score (nSPS) is 10.4. The first-order valence-corrected chi connectivity index (χ1v) is 5.41. The summed E-state index contributed by atoms with van der Waals surface area (Å²) in [6, 6.07) is 3.45. The highest BCUT2D eigenvalue weighted by Gasteiger charge is 2.16. The number of nitrogens with one attached hydrogen (secondary N) is 2. The number of carbonyl (C=O) groups is 1. The van der Waals surface area contributed by atoms with Crippen LogP contribution >= 0.6 is 0 Å². The van der Waals surface area contributed by atoms with Crippen LogP contribution in [-0.4, -0.2) is 16.1 Å². The van der Waals surface area contributed by atoms with Gasteiger partial charge in [-0.3, -0.25) is 9.89 Å². The van der Waals surface area contributed by atoms with Gasteiger partial charge < -0.3 is 5.32 Å². The van der Waals surface area contributed by atoms with Crippen LogP contribution in [0, 0.1) is 11.6 Å². The lowest BCUT2D eigenvalue weighted by atomic mass is 10.2. The molecule has 0 spiro atoms. The minimum Gasteiger partial charge on any atom is -0.307 e. The van der Waals surface area contributed by atoms with E-state index in [-0.39, 0.29) is 5.56 Å². The third-order valence-corrected chi connectivity index (χ3v) is 2.53. The van der Waals surface area contributed by atoms with Gasteiger partial charge in [0, 0.05) is 5.56 Å². The monoisotopic (exact) mass is 251 g/mol. The predicted molar refractivity (Wildman–Crippen MR) is 62.3 cm³/mol. The van der Waals surface area contributed by atoms with E-state index < -0.39 is 17.5 Å². The van der Waals surface area contributed by atoms with E-state index in [4.69, 9.17) is 0 Å². The molecule has 2 aromatic rings. The van der Waals surface area contributed by atoms with Crippen LogP contribution in [0.5, 0.6) is 0 Å². The SMILES string of the molecule is CCc1cn[nH]c1NC(=O)c1cccc(F)c1F. The second-order valence-corrected chi connectivity index (χ2v) is 3.68. The molecule has 0 unspecified atom stereocenters. The summed E-state index contributed by atoms with van der Waals surface area (Å²) >= 11 is 0. The summed E-state index contributed by atoms with van der Waals surface area (Å²) in [5.41, 5.74) is 0.451. The molecule has 1 heterocycles. The van der Waals surface area contributed by atoms with E-state index in [1.165, 1.54) is 12.1 Å². The van der Waals surface area contributed by atoms with Crippen molar-refractivity contribution in [3.63, 3.8) is 0 Å². The number of aromatic amines is 1. The molecule has 94 valence electrons. The first-order valence-electron chi connectivity index (χ1n) is 5.41. The molecule has 6 heteroatoms. The van der Waals surface area contributed by atoms with Crippen LogP contribution < -0.4 is 5.32 Å². The molecule has 0 aliphatic carbocycles. The maximum atomic E-state index is 13.4. The summed E-state index contributed by atoms with van der Waals surface area (Å²) in [5, 5.41) is 8.83. The van der Waals surface area contributed by atoms with E-state index in [1.54, 1.807) is 6.20 Å². The number of amides is 1. The predicted octanol–water partition coefficient (Wildman–Crippen LogP) is 2.50. The van der Waals surface area contributed by atoms with E-state index >= 15 is 0 Å². The van der Waals surface area contributed by atoms with Crippen LogP contribution in [-0.2, 0) is 6.42 Å². The Morgan fingerprint density at radius 3 is 2.94 bits per heavy atom. The molecule has 2 N–H and O–H groups in total. The van der Waals surface area contributed by atoms with Gasteiger partial charge in [-0.25, -0.2) is 8.78 Å². The summed E-state index contributed by atoms with van der Waals surface area (Å²) in [6.45, 7) is 1.89. The van der Waals surface area contributed by atoms with Crippen molar-refractivity contribution in [1.29, 1.82) is 0 Å². The maximum Gasteiger partial charge on any atom is 0.259 e. The number of aromatic nitrogens is 2. The molecule has 0 aliphatic heterocycles. The van der Waals surface area contributed by atoms with Gasteiger partial charge >= 0.3 is 0 Å². The number of rotatable bonds is 3. The van der Waals surface area contributed by atoms with Crippen molar-refractivity contribution in [1.82, 2.24) is 10.2 Å². The highest BCUT2D eigenvalue weighted by molar-refractivity contribution is 6.04. The molecule has 0 saturated carbocycles. The fourth-order valence-corrected chi connectivity index (χ4v) is 1.55. The average Bonchev–Trinajstić information content (AvgIpc) is 2.79. The Hall–Kier alpha value is -2.24. The fraction of sp³-hybridized carbons (Fsp3) is 0.167. The third kappa shape index (κ3) is 2.22. The average molecular weight is 251 g/mol. The van der Waals surface area contributed by atoms with Gasteiger partial charge in [0.05, 0.1) is 11.8 Å². The number of benzene rings is 1. The Kier molecular flexibility index (Phi) is 3.36. The molecular weight excluding hydrogens is 240 g/mol. The van der Waals surface area contributed by atoms with Crippen LogP contribution in [0.25, 0.3) is 0 Å². The third-order valence-electron chi connectivity index (χ3n) is 2.53. The number of aryl methyl sites for hydroxylation is 1. The lowest BCUT2D eigenvalue weighted by Crippen LogP contribution is -2.15. The Balaban J connectivity index is 2.25. The molecule has 0 atom stereocenters. The van der Waals surface area contributed by atoms with E-state index in [0.29, 0.717) is 12.2 Å². The molecule has 0 bridgehead atoms. The van der Waals surface area contributed by atoms with Gasteiger partial charge in [0.15, 0.2) is 11.6 Å². The molecule has 2 rings (SSSR count). The number of hydrogen-bond donors (Lipinski definition) is 2. The smallest absolute Gasteiger partial charge is 0.259 e. The molecule has 0 radical (unpaired) electrons. The first-order chi connectivity index (χ1) is 8.63. The molecule has 4 nitrogen and oxygen atoms in total. The topological polar surface area (TPSA) is 57.8 Å². The Morgan fingerprint density at radius 2 is 2.22 bits per heavy atom. The van der Waals surface area contributed by atoms with E-state index in [1.807, 2.05) is 6.92 Å². The number of nitrogens with zero attached hydrogens (tertiary/aromatic N) is 1. The minimum absolute atomic E-state index is 0.341. The summed E-state index contributed by atoms with van der Waals surface area (Å²) in [4.78, 5) is 11.8. The van der Waals surface area contributed by atoms with Crippen LogP contribution in [0.3, 0.4) is 0 Å². The molecule has 0 fully saturated rings. The van der Waals surface area contributed by atoms with Gasteiger partial charge in [-0.15, -0.1) is 0 Å². The highest BCUT2D eigenvalue weighted by atomic mass is 19.2. The molecule has 1 aromatic heterocycles. The minimum atomic E-state index is -1.16. The summed E-state index contributed by atoms with van der Waals surface area (Å²) in [7, 11) is 0. The van der Waals surface area contributed by atoms with Crippen molar-refractivity contribution in [2.45, 2.75) is 13.3 Å². The van der Waals surface area contributed by atoms with Crippen LogP contribution in [0.2, 0.25) is 0 Å². The largest absolute Gasteiger partial charge is 0.307 e. The van der Waals surface area contributed by atoms with Gasteiger partial charge in [0.2, 0.25) is 0 Å². The highest BCUT2D eigenvalue weighted by Crippen LogP contribution is 2.16.